The second-order valence-electron chi connectivity index (χ2n) is 5.99. The van der Waals surface area contributed by atoms with Gasteiger partial charge in [-0.1, -0.05) is 0 Å². The first-order valence-electron chi connectivity index (χ1n) is 7.86. The first-order valence-corrected chi connectivity index (χ1v) is 8.63. The third-order valence-corrected chi connectivity index (χ3v) is 5.06. The van der Waals surface area contributed by atoms with Gasteiger partial charge in [-0.2, -0.15) is 4.37 Å². The Labute approximate surface area is 133 Å². The minimum atomic E-state index is 0.578. The number of nitrogens with zero attached hydrogens (tertiary/aromatic N) is 5. The maximum absolute atomic E-state index is 5.71. The minimum Gasteiger partial charge on any atom is -0.476 e. The lowest BCUT2D eigenvalue weighted by Crippen LogP contribution is -2.35. The van der Waals surface area contributed by atoms with E-state index in [0.29, 0.717) is 17.7 Å². The van der Waals surface area contributed by atoms with E-state index in [-0.39, 0.29) is 0 Å². The molecule has 1 saturated carbocycles. The van der Waals surface area contributed by atoms with Gasteiger partial charge in [-0.25, -0.2) is 9.97 Å². The third kappa shape index (κ3) is 3.19. The zero-order valence-corrected chi connectivity index (χ0v) is 13.2. The van der Waals surface area contributed by atoms with Crippen molar-refractivity contribution in [2.24, 2.45) is 5.92 Å². The molecule has 0 atom stereocenters. The fourth-order valence-corrected chi connectivity index (χ4v) is 3.51. The summed E-state index contributed by atoms with van der Waals surface area (Å²) in [5.41, 5.74) is 0. The standard InChI is InChI=1S/C15H19N5OS/c1-2-12(1)14-18-15(22-19-14)20-7-3-11(4-8-20)10-21-13-9-16-5-6-17-13/h5-6,9,11-12H,1-4,7-8,10H2. The molecule has 116 valence electrons. The smallest absolute Gasteiger partial charge is 0.232 e. The van der Waals surface area contributed by atoms with E-state index in [9.17, 15) is 0 Å². The van der Waals surface area contributed by atoms with Crippen LogP contribution in [0.3, 0.4) is 0 Å². The molecule has 0 radical (unpaired) electrons. The van der Waals surface area contributed by atoms with E-state index in [2.05, 4.69) is 19.2 Å². The Hall–Kier alpha value is -1.76. The monoisotopic (exact) mass is 317 g/mol. The molecule has 2 aromatic heterocycles. The molecule has 1 aliphatic carbocycles. The number of ether oxygens (including phenoxy) is 1. The number of hydrogen-bond donors (Lipinski definition) is 0. The minimum absolute atomic E-state index is 0.578. The van der Waals surface area contributed by atoms with Crippen LogP contribution in [0.5, 0.6) is 5.88 Å². The van der Waals surface area contributed by atoms with Gasteiger partial charge < -0.3 is 9.64 Å². The highest BCUT2D eigenvalue weighted by Gasteiger charge is 2.29. The lowest BCUT2D eigenvalue weighted by Gasteiger charge is -2.31. The predicted octanol–water partition coefficient (Wildman–Crippen LogP) is 2.50. The predicted molar refractivity (Wildman–Crippen MR) is 84.3 cm³/mol. The Morgan fingerprint density at radius 3 is 2.77 bits per heavy atom. The Balaban J connectivity index is 1.26. The normalized spacial score (nSPS) is 19.4. The van der Waals surface area contributed by atoms with Gasteiger partial charge in [0.1, 0.15) is 5.82 Å². The number of hydrogen-bond acceptors (Lipinski definition) is 7. The highest BCUT2D eigenvalue weighted by Crippen LogP contribution is 2.40. The van der Waals surface area contributed by atoms with Gasteiger partial charge in [0.05, 0.1) is 12.8 Å². The van der Waals surface area contributed by atoms with Gasteiger partial charge in [0.15, 0.2) is 0 Å². The Morgan fingerprint density at radius 2 is 2.05 bits per heavy atom. The second-order valence-corrected chi connectivity index (χ2v) is 6.72. The summed E-state index contributed by atoms with van der Waals surface area (Å²) >= 11 is 1.55. The molecule has 2 aliphatic rings. The van der Waals surface area contributed by atoms with Crippen LogP contribution in [0.4, 0.5) is 5.13 Å². The number of rotatable bonds is 5. The van der Waals surface area contributed by atoms with Gasteiger partial charge >= 0.3 is 0 Å². The first-order chi connectivity index (χ1) is 10.9. The van der Waals surface area contributed by atoms with E-state index in [4.69, 9.17) is 9.72 Å². The molecular formula is C15H19N5OS. The van der Waals surface area contributed by atoms with E-state index in [1.165, 1.54) is 12.8 Å². The summed E-state index contributed by atoms with van der Waals surface area (Å²) in [4.78, 5) is 15.2. The average molecular weight is 317 g/mol. The summed E-state index contributed by atoms with van der Waals surface area (Å²) in [6.45, 7) is 2.79. The van der Waals surface area contributed by atoms with Crippen LogP contribution in [0.25, 0.3) is 0 Å². The molecule has 2 fully saturated rings. The zero-order chi connectivity index (χ0) is 14.8. The number of piperidine rings is 1. The molecular weight excluding hydrogens is 298 g/mol. The molecule has 0 amide bonds. The summed E-state index contributed by atoms with van der Waals surface area (Å²) in [6.07, 6.45) is 9.75. The van der Waals surface area contributed by atoms with Crippen LogP contribution in [0.15, 0.2) is 18.6 Å². The van der Waals surface area contributed by atoms with Crippen molar-refractivity contribution in [2.75, 3.05) is 24.6 Å². The van der Waals surface area contributed by atoms with Crippen molar-refractivity contribution in [1.82, 2.24) is 19.3 Å². The van der Waals surface area contributed by atoms with Crippen molar-refractivity contribution in [3.05, 3.63) is 24.4 Å². The molecule has 0 N–H and O–H groups in total. The quantitative estimate of drug-likeness (QED) is 0.844. The van der Waals surface area contributed by atoms with Crippen molar-refractivity contribution in [1.29, 1.82) is 0 Å². The zero-order valence-electron chi connectivity index (χ0n) is 12.4. The molecule has 4 rings (SSSR count). The molecule has 1 aliphatic heterocycles. The summed E-state index contributed by atoms with van der Waals surface area (Å²) in [6, 6.07) is 0. The fourth-order valence-electron chi connectivity index (χ4n) is 2.72. The maximum Gasteiger partial charge on any atom is 0.232 e. The molecule has 0 unspecified atom stereocenters. The SMILES string of the molecule is c1cnc(OCC2CCN(c3nc(C4CC4)ns3)CC2)cn1. The number of aromatic nitrogens is 4. The van der Waals surface area contributed by atoms with E-state index in [1.807, 2.05) is 0 Å². The molecule has 2 aromatic rings. The summed E-state index contributed by atoms with van der Waals surface area (Å²) in [5.74, 6) is 2.90. The van der Waals surface area contributed by atoms with Crippen LogP contribution in [0.1, 0.15) is 37.4 Å². The average Bonchev–Trinajstić information content (AvgIpc) is 3.32. The topological polar surface area (TPSA) is 64.0 Å². The maximum atomic E-state index is 5.71. The van der Waals surface area contributed by atoms with E-state index in [1.54, 1.807) is 30.1 Å². The molecule has 0 aromatic carbocycles. The van der Waals surface area contributed by atoms with Gasteiger partial charge in [0.2, 0.25) is 11.0 Å². The van der Waals surface area contributed by atoms with Gasteiger partial charge in [0, 0.05) is 42.9 Å². The van der Waals surface area contributed by atoms with Crippen molar-refractivity contribution in [2.45, 2.75) is 31.6 Å². The molecule has 0 spiro atoms. The van der Waals surface area contributed by atoms with Crippen molar-refractivity contribution in [3.63, 3.8) is 0 Å². The van der Waals surface area contributed by atoms with Gasteiger partial charge in [-0.05, 0) is 31.6 Å². The second kappa shape index (κ2) is 6.16. The fraction of sp³-hybridized carbons (Fsp3) is 0.600. The summed E-state index contributed by atoms with van der Waals surface area (Å²) in [7, 11) is 0. The summed E-state index contributed by atoms with van der Waals surface area (Å²) in [5, 5.41) is 1.09. The van der Waals surface area contributed by atoms with Gasteiger partial charge in [0.25, 0.3) is 0 Å². The van der Waals surface area contributed by atoms with Crippen LogP contribution in [0.2, 0.25) is 0 Å². The first kappa shape index (κ1) is 13.9. The Morgan fingerprint density at radius 1 is 1.18 bits per heavy atom. The molecule has 7 heteroatoms. The van der Waals surface area contributed by atoms with Crippen LogP contribution >= 0.6 is 11.5 Å². The van der Waals surface area contributed by atoms with E-state index < -0.39 is 0 Å². The van der Waals surface area contributed by atoms with Crippen LogP contribution in [-0.2, 0) is 0 Å². The largest absolute Gasteiger partial charge is 0.476 e. The van der Waals surface area contributed by atoms with Gasteiger partial charge in [-0.15, -0.1) is 0 Å². The highest BCUT2D eigenvalue weighted by molar-refractivity contribution is 7.09. The highest BCUT2D eigenvalue weighted by atomic mass is 32.1. The number of anilines is 1. The lowest BCUT2D eigenvalue weighted by molar-refractivity contribution is 0.215. The third-order valence-electron chi connectivity index (χ3n) is 4.26. The van der Waals surface area contributed by atoms with Crippen molar-refractivity contribution >= 4 is 16.7 Å². The van der Waals surface area contributed by atoms with E-state index >= 15 is 0 Å². The molecule has 1 saturated heterocycles. The Bertz CT molecular complexity index is 607. The Kier molecular flexibility index (Phi) is 3.88. The van der Waals surface area contributed by atoms with Crippen LogP contribution in [0, 0.1) is 5.92 Å². The van der Waals surface area contributed by atoms with Gasteiger partial charge in [-0.3, -0.25) is 4.98 Å². The molecule has 22 heavy (non-hydrogen) atoms. The van der Waals surface area contributed by atoms with E-state index in [0.717, 1.165) is 43.5 Å². The van der Waals surface area contributed by atoms with Crippen LogP contribution in [-0.4, -0.2) is 39.0 Å². The van der Waals surface area contributed by atoms with Crippen molar-refractivity contribution in [3.8, 4) is 5.88 Å². The molecule has 3 heterocycles. The van der Waals surface area contributed by atoms with Crippen LogP contribution < -0.4 is 9.64 Å². The lowest BCUT2D eigenvalue weighted by atomic mass is 9.98. The molecule has 6 nitrogen and oxygen atoms in total. The summed E-state index contributed by atoms with van der Waals surface area (Å²) < 4.78 is 10.2. The van der Waals surface area contributed by atoms with Crippen molar-refractivity contribution < 1.29 is 4.74 Å². The molecule has 0 bridgehead atoms.